The molecule has 0 radical (unpaired) electrons. The fourth-order valence-electron chi connectivity index (χ4n) is 4.10. The van der Waals surface area contributed by atoms with Crippen LogP contribution in [0.2, 0.25) is 0 Å². The van der Waals surface area contributed by atoms with E-state index in [1.807, 2.05) is 36.4 Å². The third kappa shape index (κ3) is 5.25. The van der Waals surface area contributed by atoms with E-state index < -0.39 is 30.0 Å². The molecule has 2 aromatic heterocycles. The van der Waals surface area contributed by atoms with E-state index in [0.717, 1.165) is 22.3 Å². The number of aromatic nitrogens is 6. The Morgan fingerprint density at radius 3 is 2.36 bits per heavy atom. The first-order valence-electron chi connectivity index (χ1n) is 10.7. The second kappa shape index (κ2) is 10.2. The predicted octanol–water partition coefficient (Wildman–Crippen LogP) is 2.39. The van der Waals surface area contributed by atoms with Crippen LogP contribution in [-0.2, 0) is 25.1 Å². The number of hydrogen-bond acceptors (Lipinski definition) is 6. The second-order valence-corrected chi connectivity index (χ2v) is 8.11. The number of anilines is 1. The molecule has 7 nitrogen and oxygen atoms in total. The van der Waals surface area contributed by atoms with Crippen molar-refractivity contribution in [2.75, 3.05) is 5.32 Å². The molecule has 0 saturated carbocycles. The Balaban J connectivity index is 0.00000304. The Kier molecular flexibility index (Phi) is 7.39. The Bertz CT molecular complexity index is 1340. The molecule has 0 atom stereocenters. The first-order chi connectivity index (χ1) is 16.7. The van der Waals surface area contributed by atoms with Crippen molar-refractivity contribution in [2.45, 2.75) is 37.9 Å². The van der Waals surface area contributed by atoms with Gasteiger partial charge in [0.25, 0.3) is 5.92 Å². The van der Waals surface area contributed by atoms with Crippen molar-refractivity contribution in [1.29, 1.82) is 0 Å². The van der Waals surface area contributed by atoms with Crippen LogP contribution in [0.5, 0.6) is 0 Å². The zero-order valence-corrected chi connectivity index (χ0v) is 21.1. The molecule has 36 heavy (non-hydrogen) atoms. The standard InChI is InChI=1S/C23H18F5N7.Na/c24-22(25)11-3-6-17-18(22)30-21(23(26,27)28)31-19(17)29-12-13-7-9-14(10-8-13)15-4-1-2-5-16(15)20-32-34-35-33-20;/h1-2,4-5,7-10H,3,6,11-12H2,(H,29,30,31)(H,32,33,34,35);/q;+1. The van der Waals surface area contributed by atoms with Gasteiger partial charge in [0, 0.05) is 24.1 Å². The fraction of sp³-hybridized carbons (Fsp3) is 0.261. The smallest absolute Gasteiger partial charge is 0.366 e. The fourth-order valence-corrected chi connectivity index (χ4v) is 4.10. The molecular formula is C23H18F5N7Na+. The van der Waals surface area contributed by atoms with Crippen molar-refractivity contribution >= 4 is 5.82 Å². The molecule has 4 aromatic rings. The summed E-state index contributed by atoms with van der Waals surface area (Å²) in [5.74, 6) is -4.78. The summed E-state index contributed by atoms with van der Waals surface area (Å²) in [6.07, 6.45) is -5.16. The Labute approximate surface area is 224 Å². The normalized spacial score (nSPS) is 14.6. The minimum Gasteiger partial charge on any atom is -0.366 e. The van der Waals surface area contributed by atoms with E-state index in [4.69, 9.17) is 0 Å². The minimum atomic E-state index is -4.94. The maximum absolute atomic E-state index is 14.3. The largest absolute Gasteiger partial charge is 1.00 e. The average Bonchev–Trinajstić information content (AvgIpc) is 3.37. The van der Waals surface area contributed by atoms with Gasteiger partial charge >= 0.3 is 35.7 Å². The number of tetrazole rings is 1. The van der Waals surface area contributed by atoms with Crippen LogP contribution in [0.4, 0.5) is 27.8 Å². The number of hydrogen-bond donors (Lipinski definition) is 2. The van der Waals surface area contributed by atoms with Crippen LogP contribution in [0.3, 0.4) is 0 Å². The predicted molar refractivity (Wildman–Crippen MR) is 116 cm³/mol. The summed E-state index contributed by atoms with van der Waals surface area (Å²) in [6.45, 7) is 0.0963. The summed E-state index contributed by atoms with van der Waals surface area (Å²) in [6, 6.07) is 14.8. The van der Waals surface area contributed by atoms with Crippen LogP contribution >= 0.6 is 0 Å². The van der Waals surface area contributed by atoms with Gasteiger partial charge < -0.3 is 5.32 Å². The molecule has 2 aromatic carbocycles. The Morgan fingerprint density at radius 1 is 0.972 bits per heavy atom. The quantitative estimate of drug-likeness (QED) is 0.317. The van der Waals surface area contributed by atoms with Crippen LogP contribution in [0.25, 0.3) is 22.5 Å². The van der Waals surface area contributed by atoms with Gasteiger partial charge in [-0.3, -0.25) is 0 Å². The van der Waals surface area contributed by atoms with E-state index in [1.54, 1.807) is 12.1 Å². The maximum Gasteiger partial charge on any atom is 1.00 e. The molecule has 2 N–H and O–H groups in total. The molecule has 0 bridgehead atoms. The van der Waals surface area contributed by atoms with Gasteiger partial charge in [-0.25, -0.2) is 9.97 Å². The number of nitrogens with one attached hydrogen (secondary N) is 2. The molecular weight excluding hydrogens is 492 g/mol. The van der Waals surface area contributed by atoms with E-state index in [0.29, 0.717) is 5.82 Å². The summed E-state index contributed by atoms with van der Waals surface area (Å²) in [5, 5.41) is 16.9. The van der Waals surface area contributed by atoms with Gasteiger partial charge in [-0.2, -0.15) is 27.2 Å². The molecule has 0 aliphatic heterocycles. The summed E-state index contributed by atoms with van der Waals surface area (Å²) in [4.78, 5) is 6.72. The zero-order chi connectivity index (χ0) is 24.6. The second-order valence-electron chi connectivity index (χ2n) is 8.11. The Hall–Kier alpha value is -2.96. The van der Waals surface area contributed by atoms with Gasteiger partial charge in [0.15, 0.2) is 0 Å². The van der Waals surface area contributed by atoms with Crippen LogP contribution in [0.1, 0.15) is 35.5 Å². The molecule has 2 heterocycles. The number of alkyl halides is 5. The first kappa shape index (κ1) is 26.1. The molecule has 13 heteroatoms. The van der Waals surface area contributed by atoms with Crippen molar-refractivity contribution < 1.29 is 51.5 Å². The molecule has 5 rings (SSSR count). The van der Waals surface area contributed by atoms with E-state index in [-0.39, 0.29) is 60.3 Å². The number of benzene rings is 2. The molecule has 0 saturated heterocycles. The first-order valence-corrected chi connectivity index (χ1v) is 10.7. The molecule has 180 valence electrons. The van der Waals surface area contributed by atoms with Gasteiger partial charge in [-0.15, -0.1) is 10.2 Å². The van der Waals surface area contributed by atoms with Crippen LogP contribution < -0.4 is 34.9 Å². The van der Waals surface area contributed by atoms with E-state index in [1.165, 1.54) is 0 Å². The molecule has 0 fully saturated rings. The van der Waals surface area contributed by atoms with E-state index >= 15 is 0 Å². The summed E-state index contributed by atoms with van der Waals surface area (Å²) in [5.41, 5.74) is 2.43. The molecule has 0 amide bonds. The van der Waals surface area contributed by atoms with Crippen molar-refractivity contribution in [3.05, 3.63) is 71.2 Å². The van der Waals surface area contributed by atoms with Crippen LogP contribution in [-0.4, -0.2) is 30.6 Å². The number of aromatic amines is 1. The van der Waals surface area contributed by atoms with Gasteiger partial charge in [0.1, 0.15) is 11.5 Å². The Morgan fingerprint density at radius 2 is 1.69 bits per heavy atom. The van der Waals surface area contributed by atoms with Gasteiger partial charge in [-0.1, -0.05) is 48.5 Å². The topological polar surface area (TPSA) is 92.3 Å². The molecule has 0 spiro atoms. The molecule has 0 unspecified atom stereocenters. The third-order valence-corrected chi connectivity index (χ3v) is 5.76. The van der Waals surface area contributed by atoms with Crippen molar-refractivity contribution in [2.24, 2.45) is 0 Å². The van der Waals surface area contributed by atoms with Crippen molar-refractivity contribution in [1.82, 2.24) is 30.6 Å². The number of H-pyrrole nitrogens is 1. The summed E-state index contributed by atoms with van der Waals surface area (Å²) in [7, 11) is 0. The monoisotopic (exact) mass is 510 g/mol. The number of fused-ring (bicyclic) bond motifs is 1. The van der Waals surface area contributed by atoms with Gasteiger partial charge in [0.05, 0.1) is 0 Å². The number of halogens is 5. The van der Waals surface area contributed by atoms with E-state index in [2.05, 4.69) is 35.9 Å². The molecule has 1 aliphatic rings. The van der Waals surface area contributed by atoms with Gasteiger partial charge in [-0.05, 0) is 34.7 Å². The van der Waals surface area contributed by atoms with Gasteiger partial charge in [0.2, 0.25) is 11.6 Å². The zero-order valence-electron chi connectivity index (χ0n) is 19.1. The summed E-state index contributed by atoms with van der Waals surface area (Å²) < 4.78 is 68.5. The van der Waals surface area contributed by atoms with Crippen LogP contribution in [0.15, 0.2) is 48.5 Å². The third-order valence-electron chi connectivity index (χ3n) is 5.76. The summed E-state index contributed by atoms with van der Waals surface area (Å²) >= 11 is 0. The van der Waals surface area contributed by atoms with E-state index in [9.17, 15) is 22.0 Å². The average molecular weight is 510 g/mol. The van der Waals surface area contributed by atoms with Crippen LogP contribution in [0, 0.1) is 0 Å². The van der Waals surface area contributed by atoms with Crippen molar-refractivity contribution in [3.8, 4) is 22.5 Å². The molecule has 1 aliphatic carbocycles. The van der Waals surface area contributed by atoms with Crippen molar-refractivity contribution in [3.63, 3.8) is 0 Å². The minimum absolute atomic E-state index is 0. The number of nitrogens with zero attached hydrogens (tertiary/aromatic N) is 5. The number of rotatable bonds is 5. The SMILES string of the molecule is FC(F)(F)c1nc(NCc2ccc(-c3ccccc3-c3nn[nH]n3)cc2)c2c(n1)C(F)(F)CCC2.[Na+]. The maximum atomic E-state index is 14.3.